The van der Waals surface area contributed by atoms with Crippen LogP contribution in [-0.4, -0.2) is 28.5 Å². The summed E-state index contributed by atoms with van der Waals surface area (Å²) in [6.07, 6.45) is 2.81. The first-order valence-electron chi connectivity index (χ1n) is 4.58. The molecule has 2 N–H and O–H groups in total. The van der Waals surface area contributed by atoms with Gasteiger partial charge in [0.05, 0.1) is 6.61 Å². The third-order valence-electron chi connectivity index (χ3n) is 1.73. The quantitative estimate of drug-likeness (QED) is 0.654. The highest BCUT2D eigenvalue weighted by Gasteiger charge is 1.96. The first-order chi connectivity index (χ1) is 6.33. The third kappa shape index (κ3) is 3.94. The van der Waals surface area contributed by atoms with Gasteiger partial charge in [0.2, 0.25) is 5.88 Å². The van der Waals surface area contributed by atoms with E-state index in [1.54, 1.807) is 0 Å². The molecular formula is C9H16N2O2. The van der Waals surface area contributed by atoms with Crippen molar-refractivity contribution in [3.8, 4) is 5.88 Å². The van der Waals surface area contributed by atoms with Gasteiger partial charge in [-0.05, 0) is 26.2 Å². The number of H-pyrrole nitrogens is 1. The zero-order valence-electron chi connectivity index (χ0n) is 7.92. The molecule has 1 aromatic heterocycles. The molecule has 0 radical (unpaired) electrons. The number of aliphatic hydroxyl groups excluding tert-OH is 1. The number of hydrogen-bond donors (Lipinski definition) is 2. The number of nitrogens with one attached hydrogen (secondary N) is 1. The van der Waals surface area contributed by atoms with Crippen molar-refractivity contribution in [1.29, 1.82) is 0 Å². The lowest BCUT2D eigenvalue weighted by atomic mass is 10.2. The van der Waals surface area contributed by atoms with Crippen molar-refractivity contribution in [3.63, 3.8) is 0 Å². The van der Waals surface area contributed by atoms with Crippen LogP contribution in [0.2, 0.25) is 0 Å². The van der Waals surface area contributed by atoms with Crippen molar-refractivity contribution in [2.75, 3.05) is 13.2 Å². The number of hydrogen-bond acceptors (Lipinski definition) is 3. The van der Waals surface area contributed by atoms with E-state index in [1.807, 2.05) is 13.0 Å². The molecule has 0 aliphatic rings. The van der Waals surface area contributed by atoms with Crippen LogP contribution in [0.4, 0.5) is 0 Å². The van der Waals surface area contributed by atoms with Crippen LogP contribution in [0, 0.1) is 6.92 Å². The molecule has 0 amide bonds. The second-order valence-corrected chi connectivity index (χ2v) is 3.02. The van der Waals surface area contributed by atoms with E-state index in [1.165, 1.54) is 0 Å². The average Bonchev–Trinajstić information content (AvgIpc) is 2.51. The van der Waals surface area contributed by atoms with Crippen LogP contribution in [0.25, 0.3) is 0 Å². The first-order valence-corrected chi connectivity index (χ1v) is 4.58. The van der Waals surface area contributed by atoms with Crippen molar-refractivity contribution >= 4 is 0 Å². The van der Waals surface area contributed by atoms with Crippen molar-refractivity contribution in [1.82, 2.24) is 10.2 Å². The Hall–Kier alpha value is -1.03. The van der Waals surface area contributed by atoms with Crippen LogP contribution < -0.4 is 4.74 Å². The maximum absolute atomic E-state index is 8.53. The second kappa shape index (κ2) is 5.59. The fraction of sp³-hybridized carbons (Fsp3) is 0.667. The van der Waals surface area contributed by atoms with Gasteiger partial charge in [-0.1, -0.05) is 0 Å². The van der Waals surface area contributed by atoms with Crippen LogP contribution in [0.1, 0.15) is 25.0 Å². The Morgan fingerprint density at radius 3 is 2.92 bits per heavy atom. The van der Waals surface area contributed by atoms with Crippen LogP contribution in [0.3, 0.4) is 0 Å². The fourth-order valence-corrected chi connectivity index (χ4v) is 1.03. The maximum Gasteiger partial charge on any atom is 0.232 e. The summed E-state index contributed by atoms with van der Waals surface area (Å²) in [5.74, 6) is 0.654. The normalized spacial score (nSPS) is 10.3. The highest BCUT2D eigenvalue weighted by molar-refractivity contribution is 5.11. The van der Waals surface area contributed by atoms with Gasteiger partial charge in [-0.3, -0.25) is 5.10 Å². The topological polar surface area (TPSA) is 58.1 Å². The van der Waals surface area contributed by atoms with E-state index in [0.717, 1.165) is 25.0 Å². The molecule has 0 fully saturated rings. The summed E-state index contributed by atoms with van der Waals surface area (Å²) < 4.78 is 5.35. The minimum atomic E-state index is 0.265. The molecule has 1 rings (SSSR count). The highest BCUT2D eigenvalue weighted by atomic mass is 16.5. The molecule has 0 saturated heterocycles. The number of unbranched alkanes of at least 4 members (excludes halogenated alkanes) is 2. The second-order valence-electron chi connectivity index (χ2n) is 3.02. The number of aliphatic hydroxyl groups is 1. The molecule has 1 aromatic rings. The summed E-state index contributed by atoms with van der Waals surface area (Å²) in [5, 5.41) is 15.3. The van der Waals surface area contributed by atoms with Gasteiger partial charge in [0.15, 0.2) is 0 Å². The van der Waals surface area contributed by atoms with E-state index in [9.17, 15) is 0 Å². The van der Waals surface area contributed by atoms with Crippen LogP contribution in [-0.2, 0) is 0 Å². The Morgan fingerprint density at radius 1 is 1.46 bits per heavy atom. The number of nitrogens with zero attached hydrogens (tertiary/aromatic N) is 1. The standard InChI is InChI=1S/C9H16N2O2/c1-8-7-9(11-10-8)13-6-4-2-3-5-12/h7,12H,2-6H2,1H3,(H,10,11). The smallest absolute Gasteiger partial charge is 0.232 e. The molecule has 4 heteroatoms. The van der Waals surface area contributed by atoms with Gasteiger partial charge < -0.3 is 9.84 Å². The summed E-state index contributed by atoms with van der Waals surface area (Å²) in [7, 11) is 0. The van der Waals surface area contributed by atoms with E-state index in [-0.39, 0.29) is 6.61 Å². The van der Waals surface area contributed by atoms with Gasteiger partial charge in [0.1, 0.15) is 0 Å². The Kier molecular flexibility index (Phi) is 4.32. The van der Waals surface area contributed by atoms with Crippen LogP contribution >= 0.6 is 0 Å². The number of rotatable bonds is 6. The summed E-state index contributed by atoms with van der Waals surface area (Å²) in [6.45, 7) is 2.87. The summed E-state index contributed by atoms with van der Waals surface area (Å²) in [6, 6.07) is 1.87. The largest absolute Gasteiger partial charge is 0.477 e. The zero-order chi connectivity index (χ0) is 9.52. The van der Waals surface area contributed by atoms with Crippen molar-refractivity contribution < 1.29 is 9.84 Å². The van der Waals surface area contributed by atoms with Gasteiger partial charge in [-0.25, -0.2) is 0 Å². The van der Waals surface area contributed by atoms with E-state index in [2.05, 4.69) is 10.2 Å². The summed E-state index contributed by atoms with van der Waals surface area (Å²) in [4.78, 5) is 0. The minimum Gasteiger partial charge on any atom is -0.477 e. The lowest BCUT2D eigenvalue weighted by molar-refractivity contribution is 0.262. The predicted octanol–water partition coefficient (Wildman–Crippen LogP) is 1.26. The van der Waals surface area contributed by atoms with Gasteiger partial charge >= 0.3 is 0 Å². The Morgan fingerprint density at radius 2 is 2.31 bits per heavy atom. The van der Waals surface area contributed by atoms with E-state index in [0.29, 0.717) is 12.5 Å². The average molecular weight is 184 g/mol. The highest BCUT2D eigenvalue weighted by Crippen LogP contribution is 2.07. The molecule has 13 heavy (non-hydrogen) atoms. The SMILES string of the molecule is Cc1cc(OCCCCCO)n[nH]1. The van der Waals surface area contributed by atoms with Crippen molar-refractivity contribution in [2.45, 2.75) is 26.2 Å². The molecule has 0 aromatic carbocycles. The monoisotopic (exact) mass is 184 g/mol. The zero-order valence-corrected chi connectivity index (χ0v) is 7.92. The molecule has 4 nitrogen and oxygen atoms in total. The number of aryl methyl sites for hydroxylation is 1. The van der Waals surface area contributed by atoms with E-state index < -0.39 is 0 Å². The number of ether oxygens (including phenoxy) is 1. The van der Waals surface area contributed by atoms with Crippen molar-refractivity contribution in [3.05, 3.63) is 11.8 Å². The number of aromatic nitrogens is 2. The Balaban J connectivity index is 2.06. The maximum atomic E-state index is 8.53. The molecule has 0 atom stereocenters. The lowest BCUT2D eigenvalue weighted by Gasteiger charge is -2.00. The summed E-state index contributed by atoms with van der Waals surface area (Å²) in [5.41, 5.74) is 1.00. The molecule has 74 valence electrons. The first kappa shape index (κ1) is 10.1. The van der Waals surface area contributed by atoms with Gasteiger partial charge in [0, 0.05) is 18.4 Å². The molecule has 0 bridgehead atoms. The Bertz CT molecular complexity index is 235. The molecule has 0 aliphatic carbocycles. The molecule has 0 spiro atoms. The van der Waals surface area contributed by atoms with Gasteiger partial charge in [-0.15, -0.1) is 5.10 Å². The van der Waals surface area contributed by atoms with Crippen LogP contribution in [0.5, 0.6) is 5.88 Å². The fourth-order valence-electron chi connectivity index (χ4n) is 1.03. The van der Waals surface area contributed by atoms with Gasteiger partial charge in [-0.2, -0.15) is 0 Å². The van der Waals surface area contributed by atoms with E-state index >= 15 is 0 Å². The molecule has 0 unspecified atom stereocenters. The number of aromatic amines is 1. The third-order valence-corrected chi connectivity index (χ3v) is 1.73. The van der Waals surface area contributed by atoms with Gasteiger partial charge in [0.25, 0.3) is 0 Å². The predicted molar refractivity (Wildman–Crippen MR) is 49.8 cm³/mol. The van der Waals surface area contributed by atoms with Crippen molar-refractivity contribution in [2.24, 2.45) is 0 Å². The molecular weight excluding hydrogens is 168 g/mol. The lowest BCUT2D eigenvalue weighted by Crippen LogP contribution is -1.98. The molecule has 0 aliphatic heterocycles. The summed E-state index contributed by atoms with van der Waals surface area (Å²) >= 11 is 0. The Labute approximate surface area is 77.9 Å². The molecule has 1 heterocycles. The van der Waals surface area contributed by atoms with Crippen LogP contribution in [0.15, 0.2) is 6.07 Å². The molecule has 0 saturated carbocycles. The minimum absolute atomic E-state index is 0.265. The van der Waals surface area contributed by atoms with E-state index in [4.69, 9.17) is 9.84 Å².